The van der Waals surface area contributed by atoms with Crippen molar-refractivity contribution in [2.75, 3.05) is 0 Å². The molecule has 0 aliphatic carbocycles. The number of nitrogens with two attached hydrogens (primary N) is 1. The van der Waals surface area contributed by atoms with E-state index in [2.05, 4.69) is 0 Å². The van der Waals surface area contributed by atoms with E-state index in [1.54, 1.807) is 30.0 Å². The Morgan fingerprint density at radius 2 is 1.84 bits per heavy atom. The van der Waals surface area contributed by atoms with Gasteiger partial charge in [-0.1, -0.05) is 35.3 Å². The van der Waals surface area contributed by atoms with Gasteiger partial charge in [-0.3, -0.25) is 0 Å². The molecule has 5 heteroatoms. The summed E-state index contributed by atoms with van der Waals surface area (Å²) in [7, 11) is 0. The molecule has 0 aliphatic rings. The molecular weight excluding hydrogens is 304 g/mol. The first-order valence-corrected chi connectivity index (χ1v) is 7.39. The lowest BCUT2D eigenvalue weighted by Crippen LogP contribution is -2.00. The number of rotatable bonds is 4. The molecule has 0 aromatic heterocycles. The van der Waals surface area contributed by atoms with Crippen molar-refractivity contribution in [3.8, 4) is 0 Å². The summed E-state index contributed by atoms with van der Waals surface area (Å²) in [6.45, 7) is 0.205. The van der Waals surface area contributed by atoms with Crippen LogP contribution in [0.25, 0.3) is 0 Å². The smallest absolute Gasteiger partial charge is 0.127 e. The summed E-state index contributed by atoms with van der Waals surface area (Å²) < 4.78 is 13.3. The summed E-state index contributed by atoms with van der Waals surface area (Å²) in [5, 5.41) is 1.08. The van der Waals surface area contributed by atoms with Gasteiger partial charge in [-0.25, -0.2) is 4.39 Å². The molecule has 2 aromatic rings. The molecule has 19 heavy (non-hydrogen) atoms. The van der Waals surface area contributed by atoms with Crippen LogP contribution in [-0.2, 0) is 12.3 Å². The van der Waals surface area contributed by atoms with Crippen molar-refractivity contribution in [3.63, 3.8) is 0 Å². The van der Waals surface area contributed by atoms with Gasteiger partial charge in [0.05, 0.1) is 10.0 Å². The molecule has 100 valence electrons. The number of hydrogen-bond acceptors (Lipinski definition) is 2. The molecule has 2 N–H and O–H groups in total. The Morgan fingerprint density at radius 1 is 1.05 bits per heavy atom. The Morgan fingerprint density at radius 3 is 2.53 bits per heavy atom. The van der Waals surface area contributed by atoms with Gasteiger partial charge in [0.15, 0.2) is 0 Å². The van der Waals surface area contributed by atoms with Crippen molar-refractivity contribution in [2.45, 2.75) is 17.2 Å². The van der Waals surface area contributed by atoms with Crippen LogP contribution in [0.1, 0.15) is 11.1 Å². The van der Waals surface area contributed by atoms with Crippen LogP contribution in [0, 0.1) is 5.82 Å². The fourth-order valence-corrected chi connectivity index (χ4v) is 2.85. The third-order valence-corrected chi connectivity index (χ3v) is 4.43. The summed E-state index contributed by atoms with van der Waals surface area (Å²) in [6.07, 6.45) is 0. The Hall–Kier alpha value is -0.740. The van der Waals surface area contributed by atoms with Crippen LogP contribution >= 0.6 is 35.0 Å². The molecule has 0 fully saturated rings. The lowest BCUT2D eigenvalue weighted by Gasteiger charge is -2.06. The van der Waals surface area contributed by atoms with Crippen molar-refractivity contribution < 1.29 is 4.39 Å². The van der Waals surface area contributed by atoms with E-state index < -0.39 is 0 Å². The second-order valence-electron chi connectivity index (χ2n) is 3.99. The van der Waals surface area contributed by atoms with E-state index in [-0.39, 0.29) is 12.4 Å². The van der Waals surface area contributed by atoms with Gasteiger partial charge < -0.3 is 5.73 Å². The predicted octanol–water partition coefficient (Wildman–Crippen LogP) is 4.88. The molecule has 2 aromatic carbocycles. The summed E-state index contributed by atoms with van der Waals surface area (Å²) in [5.74, 6) is 0.469. The summed E-state index contributed by atoms with van der Waals surface area (Å²) in [4.78, 5) is 1.02. The zero-order valence-electron chi connectivity index (χ0n) is 10.00. The SMILES string of the molecule is NCc1cc(CSc2ccc(Cl)c(Cl)c2)ccc1F. The highest BCUT2D eigenvalue weighted by molar-refractivity contribution is 7.98. The largest absolute Gasteiger partial charge is 0.326 e. The van der Waals surface area contributed by atoms with Crippen molar-refractivity contribution in [1.29, 1.82) is 0 Å². The third-order valence-electron chi connectivity index (χ3n) is 2.63. The fourth-order valence-electron chi connectivity index (χ4n) is 1.61. The van der Waals surface area contributed by atoms with Crippen LogP contribution in [0.5, 0.6) is 0 Å². The molecule has 0 saturated carbocycles. The van der Waals surface area contributed by atoms with Gasteiger partial charge in [0, 0.05) is 22.8 Å². The standard InChI is InChI=1S/C14H12Cl2FNS/c15-12-3-2-11(6-13(12)16)19-8-9-1-4-14(17)10(5-9)7-18/h1-6H,7-8,18H2. The molecule has 0 atom stereocenters. The summed E-state index contributed by atoms with van der Waals surface area (Å²) in [5.41, 5.74) is 7.04. The Bertz CT molecular complexity index is 590. The minimum Gasteiger partial charge on any atom is -0.326 e. The maximum Gasteiger partial charge on any atom is 0.127 e. The number of benzene rings is 2. The lowest BCUT2D eigenvalue weighted by atomic mass is 10.1. The third kappa shape index (κ3) is 3.86. The number of thioether (sulfide) groups is 1. The molecule has 0 radical (unpaired) electrons. The van der Waals surface area contributed by atoms with Crippen molar-refractivity contribution in [1.82, 2.24) is 0 Å². The quantitative estimate of drug-likeness (QED) is 0.813. The van der Waals surface area contributed by atoms with Gasteiger partial charge in [-0.15, -0.1) is 11.8 Å². The van der Waals surface area contributed by atoms with Crippen LogP contribution < -0.4 is 5.73 Å². The molecular formula is C14H12Cl2FNS. The molecule has 0 amide bonds. The summed E-state index contributed by atoms with van der Waals surface area (Å²) >= 11 is 13.4. The van der Waals surface area contributed by atoms with Gasteiger partial charge >= 0.3 is 0 Å². The molecule has 0 unspecified atom stereocenters. The highest BCUT2D eigenvalue weighted by Crippen LogP contribution is 2.30. The molecule has 0 bridgehead atoms. The van der Waals surface area contributed by atoms with Crippen molar-refractivity contribution >= 4 is 35.0 Å². The normalized spacial score (nSPS) is 10.7. The monoisotopic (exact) mass is 315 g/mol. The molecule has 0 heterocycles. The highest BCUT2D eigenvalue weighted by atomic mass is 35.5. The first-order valence-electron chi connectivity index (χ1n) is 5.65. The van der Waals surface area contributed by atoms with Gasteiger partial charge in [0.2, 0.25) is 0 Å². The fraction of sp³-hybridized carbons (Fsp3) is 0.143. The first-order chi connectivity index (χ1) is 9.10. The van der Waals surface area contributed by atoms with Gasteiger partial charge in [0.25, 0.3) is 0 Å². The average Bonchev–Trinajstić information content (AvgIpc) is 2.41. The lowest BCUT2D eigenvalue weighted by molar-refractivity contribution is 0.610. The second kappa shape index (κ2) is 6.62. The van der Waals surface area contributed by atoms with E-state index in [0.29, 0.717) is 15.6 Å². The topological polar surface area (TPSA) is 26.0 Å². The number of hydrogen-bond donors (Lipinski definition) is 1. The van der Waals surface area contributed by atoms with Gasteiger partial charge in [-0.2, -0.15) is 0 Å². The van der Waals surface area contributed by atoms with Crippen LogP contribution in [0.4, 0.5) is 4.39 Å². The maximum atomic E-state index is 13.3. The maximum absolute atomic E-state index is 13.3. The van der Waals surface area contributed by atoms with E-state index >= 15 is 0 Å². The zero-order valence-corrected chi connectivity index (χ0v) is 12.3. The van der Waals surface area contributed by atoms with Crippen molar-refractivity contribution in [3.05, 3.63) is 63.4 Å². The van der Waals surface area contributed by atoms with E-state index in [9.17, 15) is 4.39 Å². The molecule has 2 rings (SSSR count). The van der Waals surface area contributed by atoms with E-state index in [1.165, 1.54) is 6.07 Å². The van der Waals surface area contributed by atoms with Crippen LogP contribution in [0.3, 0.4) is 0 Å². The van der Waals surface area contributed by atoms with Crippen molar-refractivity contribution in [2.24, 2.45) is 5.73 Å². The highest BCUT2D eigenvalue weighted by Gasteiger charge is 2.04. The summed E-state index contributed by atoms with van der Waals surface area (Å²) in [6, 6.07) is 10.5. The second-order valence-corrected chi connectivity index (χ2v) is 5.86. The minimum absolute atomic E-state index is 0.205. The van der Waals surface area contributed by atoms with E-state index in [4.69, 9.17) is 28.9 Å². The minimum atomic E-state index is -0.259. The number of halogens is 3. The molecule has 0 aliphatic heterocycles. The van der Waals surface area contributed by atoms with Gasteiger partial charge in [-0.05, 0) is 29.8 Å². The van der Waals surface area contributed by atoms with Crippen LogP contribution in [-0.4, -0.2) is 0 Å². The Labute approximate surface area is 125 Å². The van der Waals surface area contributed by atoms with Gasteiger partial charge in [0.1, 0.15) is 5.82 Å². The van der Waals surface area contributed by atoms with E-state index in [1.807, 2.05) is 12.1 Å². The first kappa shape index (κ1) is 14.7. The Balaban J connectivity index is 2.07. The van der Waals surface area contributed by atoms with Crippen LogP contribution in [0.2, 0.25) is 10.0 Å². The van der Waals surface area contributed by atoms with E-state index in [0.717, 1.165) is 16.2 Å². The molecule has 0 saturated heterocycles. The molecule has 0 spiro atoms. The zero-order chi connectivity index (χ0) is 13.8. The van der Waals surface area contributed by atoms with Crippen LogP contribution in [0.15, 0.2) is 41.3 Å². The predicted molar refractivity (Wildman–Crippen MR) is 80.3 cm³/mol. The Kier molecular flexibility index (Phi) is 5.11. The average molecular weight is 316 g/mol. The molecule has 1 nitrogen and oxygen atoms in total.